The zero-order valence-corrected chi connectivity index (χ0v) is 11.4. The van der Waals surface area contributed by atoms with Gasteiger partial charge in [-0.15, -0.1) is 0 Å². The van der Waals surface area contributed by atoms with Crippen molar-refractivity contribution in [2.75, 3.05) is 33.3 Å². The average Bonchev–Trinajstić information content (AvgIpc) is 2.37. The van der Waals surface area contributed by atoms with Crippen LogP contribution in [0.1, 0.15) is 26.7 Å². The molecule has 1 heterocycles. The lowest BCUT2D eigenvalue weighted by atomic mass is 9.95. The minimum absolute atomic E-state index is 0.0335. The molecule has 104 valence electrons. The van der Waals surface area contributed by atoms with Gasteiger partial charge in [0.2, 0.25) is 5.91 Å². The molecule has 2 N–H and O–H groups in total. The number of amides is 2. The average molecular weight is 257 g/mol. The molecule has 1 atom stereocenters. The van der Waals surface area contributed by atoms with Gasteiger partial charge < -0.3 is 20.3 Å². The molecule has 0 aromatic heterocycles. The summed E-state index contributed by atoms with van der Waals surface area (Å²) in [4.78, 5) is 26.9. The molecular formula is C12H23N3O3. The smallest absolute Gasteiger partial charge is 0.409 e. The van der Waals surface area contributed by atoms with E-state index >= 15 is 0 Å². The van der Waals surface area contributed by atoms with Crippen molar-refractivity contribution in [3.63, 3.8) is 0 Å². The van der Waals surface area contributed by atoms with Gasteiger partial charge in [-0.25, -0.2) is 4.79 Å². The van der Waals surface area contributed by atoms with Gasteiger partial charge in [-0.05, 0) is 13.3 Å². The van der Waals surface area contributed by atoms with Crippen molar-refractivity contribution in [2.45, 2.75) is 32.2 Å². The van der Waals surface area contributed by atoms with E-state index < -0.39 is 5.54 Å². The molecule has 18 heavy (non-hydrogen) atoms. The Hall–Kier alpha value is -1.30. The Morgan fingerprint density at radius 2 is 1.72 bits per heavy atom. The molecule has 0 aliphatic carbocycles. The molecule has 0 radical (unpaired) electrons. The molecule has 2 amide bonds. The summed E-state index contributed by atoms with van der Waals surface area (Å²) in [5.41, 5.74) is 5.22. The predicted molar refractivity (Wildman–Crippen MR) is 68.1 cm³/mol. The summed E-state index contributed by atoms with van der Waals surface area (Å²) in [7, 11) is 1.36. The van der Waals surface area contributed by atoms with Gasteiger partial charge in [0.05, 0.1) is 12.6 Å². The van der Waals surface area contributed by atoms with Crippen LogP contribution in [0.15, 0.2) is 0 Å². The quantitative estimate of drug-likeness (QED) is 0.794. The highest BCUT2D eigenvalue weighted by atomic mass is 16.5. The second-order valence-corrected chi connectivity index (χ2v) is 4.92. The van der Waals surface area contributed by atoms with Crippen LogP contribution in [0.4, 0.5) is 4.79 Å². The van der Waals surface area contributed by atoms with Crippen molar-refractivity contribution in [3.05, 3.63) is 0 Å². The first-order valence-electron chi connectivity index (χ1n) is 6.33. The number of carbonyl (C=O) groups excluding carboxylic acids is 2. The number of methoxy groups -OCH3 is 1. The maximum absolute atomic E-state index is 12.2. The minimum atomic E-state index is -0.803. The highest BCUT2D eigenvalue weighted by Gasteiger charge is 2.34. The van der Waals surface area contributed by atoms with E-state index in [2.05, 4.69) is 4.74 Å². The van der Waals surface area contributed by atoms with Crippen LogP contribution in [-0.4, -0.2) is 60.6 Å². The normalized spacial score (nSPS) is 19.3. The van der Waals surface area contributed by atoms with E-state index in [-0.39, 0.29) is 12.0 Å². The third kappa shape index (κ3) is 3.35. The third-order valence-electron chi connectivity index (χ3n) is 3.26. The van der Waals surface area contributed by atoms with Crippen molar-refractivity contribution in [1.82, 2.24) is 9.80 Å². The summed E-state index contributed by atoms with van der Waals surface area (Å²) in [6.45, 7) is 5.81. The number of piperazine rings is 1. The maximum Gasteiger partial charge on any atom is 0.409 e. The molecule has 1 fully saturated rings. The first kappa shape index (κ1) is 14.8. The largest absolute Gasteiger partial charge is 0.453 e. The van der Waals surface area contributed by atoms with Gasteiger partial charge in [-0.2, -0.15) is 0 Å². The molecule has 1 aliphatic heterocycles. The molecule has 0 aromatic rings. The van der Waals surface area contributed by atoms with Gasteiger partial charge in [0.15, 0.2) is 0 Å². The first-order chi connectivity index (χ1) is 8.42. The molecule has 0 bridgehead atoms. The summed E-state index contributed by atoms with van der Waals surface area (Å²) in [6.07, 6.45) is 1.20. The molecule has 6 heteroatoms. The third-order valence-corrected chi connectivity index (χ3v) is 3.26. The van der Waals surface area contributed by atoms with E-state index in [0.29, 0.717) is 32.6 Å². The Labute approximate surface area is 108 Å². The van der Waals surface area contributed by atoms with Crippen molar-refractivity contribution < 1.29 is 14.3 Å². The van der Waals surface area contributed by atoms with E-state index in [1.165, 1.54) is 7.11 Å². The molecule has 0 saturated carbocycles. The van der Waals surface area contributed by atoms with Crippen LogP contribution < -0.4 is 5.73 Å². The standard InChI is InChI=1S/C12H23N3O3/c1-4-5-12(2,13)10(16)14-6-8-15(9-7-14)11(17)18-3/h4-9,13H2,1-3H3. The summed E-state index contributed by atoms with van der Waals surface area (Å²) in [5.74, 6) is -0.0335. The van der Waals surface area contributed by atoms with Gasteiger partial charge in [0.1, 0.15) is 0 Å². The Morgan fingerprint density at radius 3 is 2.17 bits per heavy atom. The zero-order valence-electron chi connectivity index (χ0n) is 11.4. The van der Waals surface area contributed by atoms with Crippen LogP contribution >= 0.6 is 0 Å². The topological polar surface area (TPSA) is 75.9 Å². The van der Waals surface area contributed by atoms with Crippen molar-refractivity contribution >= 4 is 12.0 Å². The second kappa shape index (κ2) is 6.04. The lowest BCUT2D eigenvalue weighted by Crippen LogP contribution is -2.58. The lowest BCUT2D eigenvalue weighted by Gasteiger charge is -2.37. The van der Waals surface area contributed by atoms with Crippen molar-refractivity contribution in [3.8, 4) is 0 Å². The monoisotopic (exact) mass is 257 g/mol. The maximum atomic E-state index is 12.2. The minimum Gasteiger partial charge on any atom is -0.453 e. The number of hydrogen-bond acceptors (Lipinski definition) is 4. The summed E-state index contributed by atoms with van der Waals surface area (Å²) >= 11 is 0. The van der Waals surface area contributed by atoms with Crippen LogP contribution in [-0.2, 0) is 9.53 Å². The number of ether oxygens (including phenoxy) is 1. The lowest BCUT2D eigenvalue weighted by molar-refractivity contribution is -0.138. The molecule has 1 aliphatic rings. The highest BCUT2D eigenvalue weighted by Crippen LogP contribution is 2.14. The van der Waals surface area contributed by atoms with Gasteiger partial charge in [-0.1, -0.05) is 13.3 Å². The highest BCUT2D eigenvalue weighted by molar-refractivity contribution is 5.86. The number of carbonyl (C=O) groups is 2. The fourth-order valence-corrected chi connectivity index (χ4v) is 2.21. The fourth-order valence-electron chi connectivity index (χ4n) is 2.21. The predicted octanol–water partition coefficient (Wildman–Crippen LogP) is 0.415. The SMILES string of the molecule is CCCC(C)(N)C(=O)N1CCN(C(=O)OC)CC1. The molecule has 0 aromatic carbocycles. The molecule has 1 unspecified atom stereocenters. The van der Waals surface area contributed by atoms with E-state index in [1.807, 2.05) is 6.92 Å². The van der Waals surface area contributed by atoms with E-state index in [0.717, 1.165) is 6.42 Å². The zero-order chi connectivity index (χ0) is 13.8. The Kier molecular flexibility index (Phi) is 4.95. The van der Waals surface area contributed by atoms with Gasteiger partial charge in [0, 0.05) is 26.2 Å². The van der Waals surface area contributed by atoms with Crippen LogP contribution in [0.3, 0.4) is 0 Å². The van der Waals surface area contributed by atoms with E-state index in [9.17, 15) is 9.59 Å². The van der Waals surface area contributed by atoms with Crippen molar-refractivity contribution in [2.24, 2.45) is 5.73 Å². The molecule has 6 nitrogen and oxygen atoms in total. The van der Waals surface area contributed by atoms with E-state index in [1.54, 1.807) is 16.7 Å². The summed E-state index contributed by atoms with van der Waals surface area (Å²) < 4.78 is 4.65. The number of nitrogens with two attached hydrogens (primary N) is 1. The Bertz CT molecular complexity index is 310. The number of nitrogens with zero attached hydrogens (tertiary/aromatic N) is 2. The molecule has 0 spiro atoms. The summed E-state index contributed by atoms with van der Waals surface area (Å²) in [5, 5.41) is 0. The van der Waals surface area contributed by atoms with E-state index in [4.69, 9.17) is 5.73 Å². The Morgan fingerprint density at radius 1 is 1.22 bits per heavy atom. The number of hydrogen-bond donors (Lipinski definition) is 1. The summed E-state index contributed by atoms with van der Waals surface area (Å²) in [6, 6.07) is 0. The van der Waals surface area contributed by atoms with Gasteiger partial charge >= 0.3 is 6.09 Å². The van der Waals surface area contributed by atoms with Crippen LogP contribution in [0.5, 0.6) is 0 Å². The number of rotatable bonds is 3. The molecular weight excluding hydrogens is 234 g/mol. The van der Waals surface area contributed by atoms with Crippen molar-refractivity contribution in [1.29, 1.82) is 0 Å². The molecule has 1 rings (SSSR count). The van der Waals surface area contributed by atoms with Crippen LogP contribution in [0.25, 0.3) is 0 Å². The van der Waals surface area contributed by atoms with Gasteiger partial charge in [0.25, 0.3) is 0 Å². The fraction of sp³-hybridized carbons (Fsp3) is 0.833. The second-order valence-electron chi connectivity index (χ2n) is 4.92. The van der Waals surface area contributed by atoms with Crippen LogP contribution in [0.2, 0.25) is 0 Å². The van der Waals surface area contributed by atoms with Gasteiger partial charge in [-0.3, -0.25) is 4.79 Å². The van der Waals surface area contributed by atoms with Crippen LogP contribution in [0, 0.1) is 0 Å². The molecule has 1 saturated heterocycles. The first-order valence-corrected chi connectivity index (χ1v) is 6.33. The Balaban J connectivity index is 2.52.